The van der Waals surface area contributed by atoms with Gasteiger partial charge in [0.15, 0.2) is 0 Å². The average molecular weight is 271 g/mol. The molecule has 0 amide bonds. The molecule has 1 aliphatic carbocycles. The summed E-state index contributed by atoms with van der Waals surface area (Å²) in [6.45, 7) is 2.62. The van der Waals surface area contributed by atoms with Gasteiger partial charge in [0, 0.05) is 11.3 Å². The van der Waals surface area contributed by atoms with Crippen molar-refractivity contribution in [3.8, 4) is 5.75 Å². The quantitative estimate of drug-likeness (QED) is 0.894. The fourth-order valence-corrected chi connectivity index (χ4v) is 2.42. The predicted octanol–water partition coefficient (Wildman–Crippen LogP) is 2.60. The number of anilines is 2. The molecule has 1 atom stereocenters. The zero-order chi connectivity index (χ0) is 13.9. The van der Waals surface area contributed by atoms with Crippen molar-refractivity contribution in [1.82, 2.24) is 9.97 Å². The lowest BCUT2D eigenvalue weighted by molar-refractivity contribution is 0.175. The highest BCUT2D eigenvalue weighted by molar-refractivity contribution is 5.61. The van der Waals surface area contributed by atoms with E-state index in [2.05, 4.69) is 15.3 Å². The van der Waals surface area contributed by atoms with E-state index in [0.717, 1.165) is 34.9 Å². The fraction of sp³-hybridized carbons (Fsp3) is 0.333. The molecule has 3 rings (SSSR count). The van der Waals surface area contributed by atoms with Crippen LogP contribution in [-0.2, 0) is 6.42 Å². The van der Waals surface area contributed by atoms with E-state index in [1.54, 1.807) is 0 Å². The third-order valence-corrected chi connectivity index (χ3v) is 3.39. The van der Waals surface area contributed by atoms with Crippen LogP contribution >= 0.6 is 0 Å². The van der Waals surface area contributed by atoms with E-state index in [0.29, 0.717) is 13.0 Å². The van der Waals surface area contributed by atoms with E-state index in [1.807, 2.05) is 31.2 Å². The molecule has 1 aromatic heterocycles. The van der Waals surface area contributed by atoms with Crippen LogP contribution < -0.4 is 10.1 Å². The molecule has 0 saturated heterocycles. The largest absolute Gasteiger partial charge is 0.494 e. The number of aromatic nitrogens is 2. The molecule has 5 nitrogen and oxygen atoms in total. The summed E-state index contributed by atoms with van der Waals surface area (Å²) in [6, 6.07) is 7.74. The summed E-state index contributed by atoms with van der Waals surface area (Å²) in [6.07, 6.45) is 2.54. The summed E-state index contributed by atoms with van der Waals surface area (Å²) >= 11 is 0. The van der Waals surface area contributed by atoms with Gasteiger partial charge in [0.25, 0.3) is 0 Å². The molecule has 1 aromatic carbocycles. The minimum Gasteiger partial charge on any atom is -0.494 e. The number of hydrogen-bond acceptors (Lipinski definition) is 5. The van der Waals surface area contributed by atoms with Gasteiger partial charge in [0.2, 0.25) is 0 Å². The van der Waals surface area contributed by atoms with Crippen molar-refractivity contribution in [2.45, 2.75) is 25.9 Å². The first-order valence-corrected chi connectivity index (χ1v) is 6.79. The van der Waals surface area contributed by atoms with Crippen molar-refractivity contribution >= 4 is 11.5 Å². The second kappa shape index (κ2) is 5.46. The summed E-state index contributed by atoms with van der Waals surface area (Å²) in [4.78, 5) is 8.43. The van der Waals surface area contributed by atoms with Gasteiger partial charge in [-0.25, -0.2) is 9.97 Å². The van der Waals surface area contributed by atoms with Crippen LogP contribution in [0, 0.1) is 0 Å². The molecule has 0 aliphatic heterocycles. The average Bonchev–Trinajstić information content (AvgIpc) is 2.84. The zero-order valence-corrected chi connectivity index (χ0v) is 11.3. The Labute approximate surface area is 117 Å². The Balaban J connectivity index is 1.81. The summed E-state index contributed by atoms with van der Waals surface area (Å²) in [5.74, 6) is 1.62. The number of hydrogen-bond donors (Lipinski definition) is 2. The Morgan fingerprint density at radius 3 is 2.85 bits per heavy atom. The molecule has 1 heterocycles. The van der Waals surface area contributed by atoms with E-state index in [-0.39, 0.29) is 0 Å². The van der Waals surface area contributed by atoms with E-state index in [4.69, 9.17) is 4.74 Å². The number of nitrogens with one attached hydrogen (secondary N) is 1. The second-order valence-corrected chi connectivity index (χ2v) is 4.72. The normalized spacial score (nSPS) is 16.8. The molecular weight excluding hydrogens is 254 g/mol. The molecule has 0 radical (unpaired) electrons. The number of nitrogens with zero attached hydrogens (tertiary/aromatic N) is 2. The third kappa shape index (κ3) is 2.44. The van der Waals surface area contributed by atoms with Gasteiger partial charge in [-0.2, -0.15) is 0 Å². The standard InChI is InChI=1S/C15H17N3O2/c1-2-20-11-5-3-10(4-6-11)18-15-12-7-8-13(19)14(12)16-9-17-15/h3-6,9,13,19H,2,7-8H2,1H3,(H,16,17,18). The van der Waals surface area contributed by atoms with Crippen molar-refractivity contribution in [3.63, 3.8) is 0 Å². The van der Waals surface area contributed by atoms with Crippen LogP contribution in [0.4, 0.5) is 11.5 Å². The first-order chi connectivity index (χ1) is 9.78. The van der Waals surface area contributed by atoms with Crippen LogP contribution in [0.1, 0.15) is 30.7 Å². The number of aliphatic hydroxyl groups is 1. The monoisotopic (exact) mass is 271 g/mol. The summed E-state index contributed by atoms with van der Waals surface area (Å²) in [7, 11) is 0. The maximum Gasteiger partial charge on any atom is 0.137 e. The maximum atomic E-state index is 9.83. The number of rotatable bonds is 4. The Hall–Kier alpha value is -2.14. The van der Waals surface area contributed by atoms with Crippen molar-refractivity contribution in [1.29, 1.82) is 0 Å². The second-order valence-electron chi connectivity index (χ2n) is 4.72. The Kier molecular flexibility index (Phi) is 3.52. The first kappa shape index (κ1) is 12.9. The lowest BCUT2D eigenvalue weighted by Crippen LogP contribution is -2.02. The molecule has 104 valence electrons. The van der Waals surface area contributed by atoms with Crippen molar-refractivity contribution < 1.29 is 9.84 Å². The number of ether oxygens (including phenoxy) is 1. The molecule has 5 heteroatoms. The number of benzene rings is 1. The number of aliphatic hydroxyl groups excluding tert-OH is 1. The van der Waals surface area contributed by atoms with Crippen molar-refractivity contribution in [2.24, 2.45) is 0 Å². The minimum atomic E-state index is -0.464. The summed E-state index contributed by atoms with van der Waals surface area (Å²) < 4.78 is 5.41. The highest BCUT2D eigenvalue weighted by Gasteiger charge is 2.25. The van der Waals surface area contributed by atoms with Crippen LogP contribution in [0.2, 0.25) is 0 Å². The lowest BCUT2D eigenvalue weighted by Gasteiger charge is -2.10. The van der Waals surface area contributed by atoms with Gasteiger partial charge in [-0.05, 0) is 44.0 Å². The SMILES string of the molecule is CCOc1ccc(Nc2ncnc3c2CCC3O)cc1. The topological polar surface area (TPSA) is 67.3 Å². The maximum absolute atomic E-state index is 9.83. The van der Waals surface area contributed by atoms with Crippen molar-refractivity contribution in [2.75, 3.05) is 11.9 Å². The van der Waals surface area contributed by atoms with E-state index >= 15 is 0 Å². The first-order valence-electron chi connectivity index (χ1n) is 6.79. The van der Waals surface area contributed by atoms with E-state index in [1.165, 1.54) is 6.33 Å². The summed E-state index contributed by atoms with van der Waals surface area (Å²) in [5.41, 5.74) is 2.69. The smallest absolute Gasteiger partial charge is 0.137 e. The molecule has 2 aromatic rings. The molecule has 1 unspecified atom stereocenters. The molecule has 1 aliphatic rings. The van der Waals surface area contributed by atoms with Gasteiger partial charge in [0.05, 0.1) is 18.4 Å². The fourth-order valence-electron chi connectivity index (χ4n) is 2.42. The van der Waals surface area contributed by atoms with Crippen LogP contribution in [0.15, 0.2) is 30.6 Å². The Bertz CT molecular complexity index is 599. The lowest BCUT2D eigenvalue weighted by atomic mass is 10.2. The van der Waals surface area contributed by atoms with Gasteiger partial charge in [-0.1, -0.05) is 0 Å². The molecule has 0 fully saturated rings. The van der Waals surface area contributed by atoms with Crippen LogP contribution in [-0.4, -0.2) is 21.7 Å². The minimum absolute atomic E-state index is 0.464. The molecule has 2 N–H and O–H groups in total. The number of fused-ring (bicyclic) bond motifs is 1. The predicted molar refractivity (Wildman–Crippen MR) is 76.2 cm³/mol. The van der Waals surface area contributed by atoms with E-state index < -0.39 is 6.10 Å². The zero-order valence-electron chi connectivity index (χ0n) is 11.3. The van der Waals surface area contributed by atoms with Gasteiger partial charge in [-0.3, -0.25) is 0 Å². The van der Waals surface area contributed by atoms with Crippen LogP contribution in [0.3, 0.4) is 0 Å². The molecule has 20 heavy (non-hydrogen) atoms. The molecule has 0 saturated carbocycles. The Morgan fingerprint density at radius 2 is 2.10 bits per heavy atom. The van der Waals surface area contributed by atoms with Gasteiger partial charge in [0.1, 0.15) is 17.9 Å². The molecular formula is C15H17N3O2. The van der Waals surface area contributed by atoms with Crippen molar-refractivity contribution in [3.05, 3.63) is 41.9 Å². The van der Waals surface area contributed by atoms with Gasteiger partial charge < -0.3 is 15.2 Å². The molecule has 0 spiro atoms. The Morgan fingerprint density at radius 1 is 1.30 bits per heavy atom. The summed E-state index contributed by atoms with van der Waals surface area (Å²) in [5, 5.41) is 13.1. The van der Waals surface area contributed by atoms with Crippen LogP contribution in [0.5, 0.6) is 5.75 Å². The van der Waals surface area contributed by atoms with E-state index in [9.17, 15) is 5.11 Å². The van der Waals surface area contributed by atoms with Crippen LogP contribution in [0.25, 0.3) is 0 Å². The third-order valence-electron chi connectivity index (χ3n) is 3.39. The highest BCUT2D eigenvalue weighted by Crippen LogP contribution is 2.33. The molecule has 0 bridgehead atoms. The van der Waals surface area contributed by atoms with Gasteiger partial charge >= 0.3 is 0 Å². The highest BCUT2D eigenvalue weighted by atomic mass is 16.5. The van der Waals surface area contributed by atoms with Gasteiger partial charge in [-0.15, -0.1) is 0 Å².